The number of phosphoric ester groups is 1. The Morgan fingerprint density at radius 3 is 2.08 bits per heavy atom. The van der Waals surface area contributed by atoms with Gasteiger partial charge in [0.05, 0.1) is 6.61 Å². The van der Waals surface area contributed by atoms with Crippen LogP contribution in [0.5, 0.6) is 0 Å². The van der Waals surface area contributed by atoms with Gasteiger partial charge in [-0.3, -0.25) is 18.9 Å². The molecule has 2 saturated heterocycles. The Balaban J connectivity index is 0.000000328. The van der Waals surface area contributed by atoms with Gasteiger partial charge in [-0.25, -0.2) is 18.7 Å². The number of rotatable bonds is 7. The highest BCUT2D eigenvalue weighted by molar-refractivity contribution is 7.60. The Hall–Kier alpha value is -1.91. The van der Waals surface area contributed by atoms with Crippen LogP contribution in [-0.2, 0) is 32.2 Å². The average molecular weight is 598 g/mol. The summed E-state index contributed by atoms with van der Waals surface area (Å²) in [6.45, 7) is -0.902. The largest absolute Gasteiger partial charge is 0.481 e. The van der Waals surface area contributed by atoms with Crippen molar-refractivity contribution in [1.29, 1.82) is 0 Å². The zero-order valence-electron chi connectivity index (χ0n) is 18.5. The number of ether oxygens (including phenoxy) is 2. The highest BCUT2D eigenvalue weighted by Crippen LogP contribution is 2.57. The molecule has 218 valence electrons. The van der Waals surface area contributed by atoms with E-state index in [-0.39, 0.29) is 0 Å². The van der Waals surface area contributed by atoms with Gasteiger partial charge >= 0.3 is 27.3 Å². The average Bonchev–Trinajstić information content (AvgIpc) is 3.06. The molecule has 1 unspecified atom stereocenters. The number of H-pyrrole nitrogens is 1. The molecule has 3 rings (SSSR count). The van der Waals surface area contributed by atoms with Gasteiger partial charge in [0.1, 0.15) is 36.6 Å². The first-order valence-electron chi connectivity index (χ1n) is 10.0. The molecule has 2 fully saturated rings. The fraction of sp³-hybridized carbons (Fsp3) is 0.667. The molecular weight excluding hydrogens is 574 g/mol. The minimum Gasteiger partial charge on any atom is -0.479 e. The highest BCUT2D eigenvalue weighted by atomic mass is 31.3. The van der Waals surface area contributed by atoms with Crippen LogP contribution < -0.4 is 11.2 Å². The van der Waals surface area contributed by atoms with E-state index in [2.05, 4.69) is 13.6 Å². The van der Waals surface area contributed by atoms with Crippen molar-refractivity contribution in [2.24, 2.45) is 0 Å². The third-order valence-corrected chi connectivity index (χ3v) is 7.06. The predicted molar refractivity (Wildman–Crippen MR) is 113 cm³/mol. The van der Waals surface area contributed by atoms with Crippen molar-refractivity contribution in [1.82, 2.24) is 9.55 Å². The summed E-state index contributed by atoms with van der Waals surface area (Å²) in [5.41, 5.74) is -1.65. The van der Waals surface area contributed by atoms with Crippen LogP contribution in [0.2, 0.25) is 0 Å². The number of carboxylic acids is 1. The molecule has 0 saturated carbocycles. The van der Waals surface area contributed by atoms with E-state index in [1.54, 1.807) is 0 Å². The minimum absolute atomic E-state index is 0.704. The van der Waals surface area contributed by atoms with Crippen molar-refractivity contribution < 1.29 is 82.7 Å². The van der Waals surface area contributed by atoms with Crippen LogP contribution in [0.1, 0.15) is 6.23 Å². The summed E-state index contributed by atoms with van der Waals surface area (Å²) in [4.78, 5) is 61.1. The molecule has 11 N–H and O–H groups in total. The number of aromatic nitrogens is 2. The first kappa shape index (κ1) is 32.3. The molecule has 38 heavy (non-hydrogen) atoms. The second-order valence-electron chi connectivity index (χ2n) is 7.66. The third-order valence-electron chi connectivity index (χ3n) is 4.91. The Bertz CT molecular complexity index is 1180. The molecule has 23 heteroatoms. The summed E-state index contributed by atoms with van der Waals surface area (Å²) < 4.78 is 40.0. The predicted octanol–water partition coefficient (Wildman–Crippen LogP) is -5.75. The summed E-state index contributed by atoms with van der Waals surface area (Å²) in [6, 6.07) is 0.962. The monoisotopic (exact) mass is 598 g/mol. The maximum absolute atomic E-state index is 11.7. The molecule has 1 aromatic rings. The van der Waals surface area contributed by atoms with E-state index in [9.17, 15) is 33.7 Å². The lowest BCUT2D eigenvalue weighted by Crippen LogP contribution is -2.59. The van der Waals surface area contributed by atoms with Crippen molar-refractivity contribution in [2.75, 3.05) is 6.61 Å². The number of carbonyl (C=O) groups is 1. The number of nitrogens with zero attached hydrogens (tertiary/aromatic N) is 1. The van der Waals surface area contributed by atoms with Crippen LogP contribution in [0.25, 0.3) is 0 Å². The first-order valence-corrected chi connectivity index (χ1v) is 13.0. The maximum Gasteiger partial charge on any atom is 0.481 e. The smallest absolute Gasteiger partial charge is 0.479 e. The van der Waals surface area contributed by atoms with Gasteiger partial charge in [-0.1, -0.05) is 0 Å². The fourth-order valence-corrected chi connectivity index (χ4v) is 4.71. The van der Waals surface area contributed by atoms with Gasteiger partial charge in [0.25, 0.3) is 5.56 Å². The Labute approximate surface area is 209 Å². The molecule has 0 amide bonds. The van der Waals surface area contributed by atoms with E-state index >= 15 is 0 Å². The molecule has 1 aromatic heterocycles. The Morgan fingerprint density at radius 2 is 1.55 bits per heavy atom. The molecule has 3 heterocycles. The molecule has 2 aliphatic heterocycles. The van der Waals surface area contributed by atoms with E-state index in [1.807, 2.05) is 4.98 Å². The van der Waals surface area contributed by atoms with Crippen molar-refractivity contribution in [3.8, 4) is 0 Å². The lowest BCUT2D eigenvalue weighted by molar-refractivity contribution is -0.279. The van der Waals surface area contributed by atoms with Crippen LogP contribution in [0.15, 0.2) is 21.9 Å². The van der Waals surface area contributed by atoms with Gasteiger partial charge in [-0.05, 0) is 0 Å². The first-order chi connectivity index (χ1) is 17.3. The summed E-state index contributed by atoms with van der Waals surface area (Å²) in [5, 5.41) is 64.1. The van der Waals surface area contributed by atoms with E-state index in [4.69, 9.17) is 44.9 Å². The van der Waals surface area contributed by atoms with Crippen LogP contribution in [-0.4, -0.2) is 122 Å². The van der Waals surface area contributed by atoms with Gasteiger partial charge in [0.15, 0.2) is 18.6 Å². The number of carboxylic acid groups (broad SMARTS) is 1. The van der Waals surface area contributed by atoms with Gasteiger partial charge in [-0.2, -0.15) is 4.31 Å². The summed E-state index contributed by atoms with van der Waals surface area (Å²) >= 11 is 0. The van der Waals surface area contributed by atoms with Gasteiger partial charge in [-0.15, -0.1) is 0 Å². The number of aliphatic carboxylic acids is 1. The lowest BCUT2D eigenvalue weighted by Gasteiger charge is -2.36. The van der Waals surface area contributed by atoms with E-state index in [1.165, 1.54) is 0 Å². The molecule has 21 nitrogen and oxygen atoms in total. The van der Waals surface area contributed by atoms with Crippen LogP contribution in [0.4, 0.5) is 0 Å². The maximum atomic E-state index is 11.7. The van der Waals surface area contributed by atoms with Crippen molar-refractivity contribution in [3.05, 3.63) is 33.1 Å². The van der Waals surface area contributed by atoms with Crippen LogP contribution >= 0.6 is 15.6 Å². The molecule has 0 aromatic carbocycles. The van der Waals surface area contributed by atoms with Crippen molar-refractivity contribution >= 4 is 21.6 Å². The molecule has 0 bridgehead atoms. The molecule has 0 radical (unpaired) electrons. The van der Waals surface area contributed by atoms with Crippen molar-refractivity contribution in [3.63, 3.8) is 0 Å². The molecule has 0 spiro atoms. The fourth-order valence-electron chi connectivity index (χ4n) is 3.12. The third kappa shape index (κ3) is 8.29. The normalized spacial score (nSPS) is 35.1. The zero-order valence-corrected chi connectivity index (χ0v) is 20.3. The van der Waals surface area contributed by atoms with E-state index in [0.717, 1.165) is 16.8 Å². The molecule has 0 aliphatic carbocycles. The summed E-state index contributed by atoms with van der Waals surface area (Å²) in [6.07, 6.45) is -14.0. The number of nitrogens with one attached hydrogen (secondary N) is 1. The second-order valence-corrected chi connectivity index (χ2v) is 10.5. The van der Waals surface area contributed by atoms with Gasteiger partial charge < -0.3 is 59.9 Å². The summed E-state index contributed by atoms with van der Waals surface area (Å²) in [5.74, 6) is -1.52. The Morgan fingerprint density at radius 1 is 0.947 bits per heavy atom. The number of aromatic amines is 1. The van der Waals surface area contributed by atoms with Crippen LogP contribution in [0.3, 0.4) is 0 Å². The number of hydrogen-bond donors (Lipinski definition) is 11. The minimum atomic E-state index is -5.32. The van der Waals surface area contributed by atoms with E-state index < -0.39 is 94.7 Å². The topological polar surface area (TPSA) is 345 Å². The molecular formula is C15H24N2O19P2. The Kier molecular flexibility index (Phi) is 10.6. The molecule has 2 aliphatic rings. The van der Waals surface area contributed by atoms with Gasteiger partial charge in [0, 0.05) is 12.3 Å². The van der Waals surface area contributed by atoms with Crippen LogP contribution in [0, 0.1) is 0 Å². The number of phosphoric acid groups is 2. The SMILES string of the molecule is O=C(O)[C@H]1O[C@H](O)[C@H](O)[C@@H](O)[C@@H]1O.O=c1ccn([C@@H]2O[C@H](COP(=O)(O)OP(=O)(O)O)[C@@H](O)[C@H]2O)c(=O)[nH]1. The number of aliphatic hydroxyl groups excluding tert-OH is 6. The highest BCUT2D eigenvalue weighted by Gasteiger charge is 2.47. The number of aliphatic hydroxyl groups is 6. The lowest BCUT2D eigenvalue weighted by atomic mass is 9.99. The summed E-state index contributed by atoms with van der Waals surface area (Å²) in [7, 11) is -10.5. The van der Waals surface area contributed by atoms with Crippen molar-refractivity contribution in [2.45, 2.75) is 55.2 Å². The molecule has 10 atom stereocenters. The number of hydrogen-bond acceptors (Lipinski definition) is 15. The zero-order chi connectivity index (χ0) is 29.2. The van der Waals surface area contributed by atoms with Gasteiger partial charge in [0.2, 0.25) is 0 Å². The quantitative estimate of drug-likeness (QED) is 0.130. The second kappa shape index (κ2) is 12.5. The standard InChI is InChI=1S/C9H14N2O12P2.C6H10O7/c12-5-1-2-11(9(15)10-5)8-7(14)6(13)4(22-8)3-21-25(19,20)23-24(16,17)18;7-1-2(8)4(5(10)11)13-6(12)3(1)9/h1-2,4,6-8,13-14H,3H2,(H,19,20)(H,10,12,15)(H2,16,17,18);1-4,6-9,12H,(H,10,11)/t4-,6-,7-,8-;1-,2-,3+,4-,6-/m10/s1. The van der Waals surface area contributed by atoms with E-state index in [0.29, 0.717) is 0 Å².